The zero-order valence-electron chi connectivity index (χ0n) is 17.8. The molecule has 0 saturated carbocycles. The Morgan fingerprint density at radius 3 is 2.53 bits per heavy atom. The van der Waals surface area contributed by atoms with Gasteiger partial charge in [0.25, 0.3) is 10.0 Å². The number of piperazine rings is 1. The van der Waals surface area contributed by atoms with Gasteiger partial charge in [-0.1, -0.05) is 6.92 Å². The summed E-state index contributed by atoms with van der Waals surface area (Å²) in [5.41, 5.74) is 0. The molecule has 3 heterocycles. The number of rotatable bonds is 7. The molecule has 2 amide bonds. The Morgan fingerprint density at radius 2 is 1.90 bits per heavy atom. The molecule has 1 N–H and O–H groups in total. The fourth-order valence-corrected chi connectivity index (χ4v) is 6.91. The average Bonchev–Trinajstić information content (AvgIpc) is 3.19. The Labute approximate surface area is 183 Å². The van der Waals surface area contributed by atoms with E-state index in [4.69, 9.17) is 0 Å². The zero-order valence-corrected chi connectivity index (χ0v) is 19.4. The minimum absolute atomic E-state index is 0.0218. The normalized spacial score (nSPS) is 21.5. The van der Waals surface area contributed by atoms with Crippen LogP contribution < -0.4 is 5.32 Å². The zero-order chi connectivity index (χ0) is 21.7. The molecule has 1 aromatic heterocycles. The van der Waals surface area contributed by atoms with Crippen molar-refractivity contribution in [2.45, 2.75) is 37.3 Å². The van der Waals surface area contributed by atoms with Crippen LogP contribution in [0.4, 0.5) is 0 Å². The molecule has 2 aliphatic heterocycles. The number of aryl methyl sites for hydroxylation is 1. The lowest BCUT2D eigenvalue weighted by atomic mass is 9.98. The van der Waals surface area contributed by atoms with Gasteiger partial charge in [-0.3, -0.25) is 14.5 Å². The Bertz CT molecular complexity index is 847. The summed E-state index contributed by atoms with van der Waals surface area (Å²) in [4.78, 5) is 29.8. The summed E-state index contributed by atoms with van der Waals surface area (Å²) in [6.45, 7) is 8.13. The van der Waals surface area contributed by atoms with E-state index in [-0.39, 0.29) is 24.3 Å². The molecule has 0 spiro atoms. The van der Waals surface area contributed by atoms with Crippen molar-refractivity contribution in [3.63, 3.8) is 0 Å². The Morgan fingerprint density at radius 1 is 1.17 bits per heavy atom. The van der Waals surface area contributed by atoms with Gasteiger partial charge < -0.3 is 10.2 Å². The second-order valence-corrected chi connectivity index (χ2v) is 11.5. The summed E-state index contributed by atoms with van der Waals surface area (Å²) < 4.78 is 27.7. The molecule has 30 heavy (non-hydrogen) atoms. The van der Waals surface area contributed by atoms with Gasteiger partial charge in [-0.05, 0) is 38.3 Å². The second-order valence-electron chi connectivity index (χ2n) is 8.02. The van der Waals surface area contributed by atoms with Gasteiger partial charge in [-0.2, -0.15) is 4.31 Å². The molecule has 10 heteroatoms. The highest BCUT2D eigenvalue weighted by Gasteiger charge is 2.36. The summed E-state index contributed by atoms with van der Waals surface area (Å²) in [5.74, 6) is -0.241. The Kier molecular flexibility index (Phi) is 7.89. The van der Waals surface area contributed by atoms with Crippen LogP contribution in [0.15, 0.2) is 16.3 Å². The van der Waals surface area contributed by atoms with E-state index in [1.807, 2.05) is 24.8 Å². The van der Waals surface area contributed by atoms with Crippen LogP contribution in [-0.2, 0) is 19.6 Å². The predicted octanol–water partition coefficient (Wildman–Crippen LogP) is 1.13. The number of piperidine rings is 1. The molecule has 2 saturated heterocycles. The van der Waals surface area contributed by atoms with Crippen molar-refractivity contribution >= 4 is 33.2 Å². The maximum atomic E-state index is 13.0. The Hall–Kier alpha value is -1.49. The third-order valence-corrected chi connectivity index (χ3v) is 9.00. The number of carbonyl (C=O) groups excluding carboxylic acids is 2. The van der Waals surface area contributed by atoms with Crippen molar-refractivity contribution < 1.29 is 18.0 Å². The van der Waals surface area contributed by atoms with Crippen LogP contribution in [0, 0.1) is 12.8 Å². The van der Waals surface area contributed by atoms with Crippen LogP contribution in [-0.4, -0.2) is 86.7 Å². The SMILES string of the molecule is CCCNC(=O)CN1CCN(C(=O)C2CCCN(S(=O)(=O)c3ccc(C)s3)C2)CC1. The lowest BCUT2D eigenvalue weighted by Crippen LogP contribution is -2.54. The van der Waals surface area contributed by atoms with Crippen LogP contribution >= 0.6 is 11.3 Å². The standard InChI is InChI=1S/C20H32N4O4S2/c1-3-8-21-18(25)15-22-10-12-23(13-11-22)20(26)17-5-4-9-24(14-17)30(27,28)19-7-6-16(2)29-19/h6-7,17H,3-5,8-15H2,1-2H3,(H,21,25). The van der Waals surface area contributed by atoms with E-state index in [0.29, 0.717) is 62.9 Å². The molecule has 2 aliphatic rings. The number of amides is 2. The van der Waals surface area contributed by atoms with Crippen molar-refractivity contribution in [3.05, 3.63) is 17.0 Å². The minimum Gasteiger partial charge on any atom is -0.355 e. The molecule has 0 aliphatic carbocycles. The molecule has 0 bridgehead atoms. The first kappa shape index (κ1) is 23.2. The highest BCUT2D eigenvalue weighted by molar-refractivity contribution is 7.91. The van der Waals surface area contributed by atoms with Crippen LogP contribution in [0.1, 0.15) is 31.1 Å². The number of thiophene rings is 1. The van der Waals surface area contributed by atoms with Crippen molar-refractivity contribution in [1.29, 1.82) is 0 Å². The molecule has 1 aromatic rings. The number of nitrogens with one attached hydrogen (secondary N) is 1. The maximum absolute atomic E-state index is 13.0. The van der Waals surface area contributed by atoms with Crippen molar-refractivity contribution in [1.82, 2.24) is 19.4 Å². The summed E-state index contributed by atoms with van der Waals surface area (Å²) in [6, 6.07) is 3.46. The van der Waals surface area contributed by atoms with Crippen molar-refractivity contribution in [2.75, 3.05) is 52.4 Å². The molecule has 2 fully saturated rings. The fourth-order valence-electron chi connectivity index (χ4n) is 3.95. The highest BCUT2D eigenvalue weighted by Crippen LogP contribution is 2.29. The van der Waals surface area contributed by atoms with E-state index < -0.39 is 10.0 Å². The lowest BCUT2D eigenvalue weighted by molar-refractivity contribution is -0.138. The maximum Gasteiger partial charge on any atom is 0.252 e. The third-order valence-electron chi connectivity index (χ3n) is 5.67. The number of nitrogens with zero attached hydrogens (tertiary/aromatic N) is 3. The molecule has 1 unspecified atom stereocenters. The van der Waals surface area contributed by atoms with E-state index >= 15 is 0 Å². The van der Waals surface area contributed by atoms with E-state index in [1.165, 1.54) is 15.6 Å². The molecule has 0 radical (unpaired) electrons. The largest absolute Gasteiger partial charge is 0.355 e. The molecule has 168 valence electrons. The first-order valence-corrected chi connectivity index (χ1v) is 12.9. The second kappa shape index (κ2) is 10.2. The van der Waals surface area contributed by atoms with Crippen molar-refractivity contribution in [2.24, 2.45) is 5.92 Å². The van der Waals surface area contributed by atoms with Crippen LogP contribution in [0.3, 0.4) is 0 Å². The van der Waals surface area contributed by atoms with Gasteiger partial charge in [-0.15, -0.1) is 11.3 Å². The van der Waals surface area contributed by atoms with Gasteiger partial charge >= 0.3 is 0 Å². The van der Waals surface area contributed by atoms with Gasteiger partial charge in [0, 0.05) is 50.7 Å². The lowest BCUT2D eigenvalue weighted by Gasteiger charge is -2.38. The van der Waals surface area contributed by atoms with Crippen molar-refractivity contribution in [3.8, 4) is 0 Å². The summed E-state index contributed by atoms with van der Waals surface area (Å²) in [7, 11) is -3.54. The van der Waals surface area contributed by atoms with Gasteiger partial charge in [-0.25, -0.2) is 8.42 Å². The first-order valence-electron chi connectivity index (χ1n) is 10.7. The molecular weight excluding hydrogens is 424 g/mol. The van der Waals surface area contributed by atoms with Gasteiger partial charge in [0.05, 0.1) is 12.5 Å². The van der Waals surface area contributed by atoms with E-state index in [0.717, 1.165) is 11.3 Å². The molecule has 0 aromatic carbocycles. The Balaban J connectivity index is 1.53. The monoisotopic (exact) mass is 456 g/mol. The van der Waals surface area contributed by atoms with Gasteiger partial charge in [0.1, 0.15) is 4.21 Å². The summed E-state index contributed by atoms with van der Waals surface area (Å²) in [5, 5.41) is 2.88. The smallest absolute Gasteiger partial charge is 0.252 e. The molecule has 8 nitrogen and oxygen atoms in total. The number of sulfonamides is 1. The quantitative estimate of drug-likeness (QED) is 0.664. The molecular formula is C20H32N4O4S2. The molecule has 1 atom stereocenters. The topological polar surface area (TPSA) is 90.0 Å². The van der Waals surface area contributed by atoms with E-state index in [9.17, 15) is 18.0 Å². The van der Waals surface area contributed by atoms with E-state index in [1.54, 1.807) is 6.07 Å². The van der Waals surface area contributed by atoms with Crippen LogP contribution in [0.2, 0.25) is 0 Å². The van der Waals surface area contributed by atoms with Gasteiger partial charge in [0.2, 0.25) is 11.8 Å². The van der Waals surface area contributed by atoms with E-state index in [2.05, 4.69) is 10.2 Å². The highest BCUT2D eigenvalue weighted by atomic mass is 32.2. The number of hydrogen-bond donors (Lipinski definition) is 1. The summed E-state index contributed by atoms with van der Waals surface area (Å²) in [6.07, 6.45) is 2.32. The fraction of sp³-hybridized carbons (Fsp3) is 0.700. The molecule has 3 rings (SSSR count). The predicted molar refractivity (Wildman–Crippen MR) is 117 cm³/mol. The van der Waals surface area contributed by atoms with Crippen LogP contribution in [0.5, 0.6) is 0 Å². The van der Waals surface area contributed by atoms with Gasteiger partial charge in [0.15, 0.2) is 0 Å². The third kappa shape index (κ3) is 5.60. The number of carbonyl (C=O) groups is 2. The first-order chi connectivity index (χ1) is 14.3. The minimum atomic E-state index is -3.54. The average molecular weight is 457 g/mol. The summed E-state index contributed by atoms with van der Waals surface area (Å²) >= 11 is 1.27. The number of hydrogen-bond acceptors (Lipinski definition) is 6. The van der Waals surface area contributed by atoms with Crippen LogP contribution in [0.25, 0.3) is 0 Å².